The summed E-state index contributed by atoms with van der Waals surface area (Å²) in [5.41, 5.74) is 13.8. The van der Waals surface area contributed by atoms with Crippen molar-refractivity contribution in [1.29, 1.82) is 0 Å². The van der Waals surface area contributed by atoms with E-state index in [4.69, 9.17) is 11.5 Å². The van der Waals surface area contributed by atoms with E-state index >= 15 is 0 Å². The Kier molecular flexibility index (Phi) is 2.07. The highest BCUT2D eigenvalue weighted by Gasteiger charge is 1.98. The van der Waals surface area contributed by atoms with Gasteiger partial charge >= 0.3 is 0 Å². The van der Waals surface area contributed by atoms with E-state index < -0.39 is 0 Å². The highest BCUT2D eigenvalue weighted by atomic mass is 14.8. The molecule has 2 rings (SSSR count). The first-order valence-electron chi connectivity index (χ1n) is 4.34. The Morgan fingerprint density at radius 2 is 1.71 bits per heavy atom. The van der Waals surface area contributed by atoms with Crippen LogP contribution in [0.25, 0.3) is 11.3 Å². The molecule has 0 spiro atoms. The third-order valence-corrected chi connectivity index (χ3v) is 1.95. The quantitative estimate of drug-likeness (QED) is 0.667. The number of nitrogens with two attached hydrogens (primary N) is 2. The minimum Gasteiger partial charge on any atom is -0.399 e. The van der Waals surface area contributed by atoms with Crippen LogP contribution in [0.1, 0.15) is 0 Å². The van der Waals surface area contributed by atoms with Crippen LogP contribution in [0.15, 0.2) is 42.5 Å². The second-order valence-electron chi connectivity index (χ2n) is 3.07. The van der Waals surface area contributed by atoms with Crippen LogP contribution < -0.4 is 11.5 Å². The molecule has 14 heavy (non-hydrogen) atoms. The lowest BCUT2D eigenvalue weighted by molar-refractivity contribution is 1.33. The Morgan fingerprint density at radius 3 is 2.43 bits per heavy atom. The Bertz CT molecular complexity index is 408. The average Bonchev–Trinajstić information content (AvgIpc) is 2.18. The van der Waals surface area contributed by atoms with Gasteiger partial charge in [-0.15, -0.1) is 0 Å². The topological polar surface area (TPSA) is 64.9 Å². The van der Waals surface area contributed by atoms with Gasteiger partial charge in [0.15, 0.2) is 0 Å². The van der Waals surface area contributed by atoms with Crippen LogP contribution in [0.5, 0.6) is 0 Å². The van der Waals surface area contributed by atoms with E-state index in [1.807, 2.05) is 36.4 Å². The van der Waals surface area contributed by atoms with Gasteiger partial charge < -0.3 is 11.5 Å². The van der Waals surface area contributed by atoms with Gasteiger partial charge in [-0.1, -0.05) is 18.2 Å². The van der Waals surface area contributed by atoms with Crippen molar-refractivity contribution < 1.29 is 0 Å². The van der Waals surface area contributed by atoms with Gasteiger partial charge in [0, 0.05) is 11.3 Å². The van der Waals surface area contributed by atoms with Crippen LogP contribution in [-0.2, 0) is 0 Å². The smallest absolute Gasteiger partial charge is 0.124 e. The first-order chi connectivity index (χ1) is 6.75. The summed E-state index contributed by atoms with van der Waals surface area (Å²) >= 11 is 0. The highest BCUT2D eigenvalue weighted by molar-refractivity contribution is 5.64. The van der Waals surface area contributed by atoms with E-state index in [2.05, 4.69) is 4.98 Å². The van der Waals surface area contributed by atoms with Gasteiger partial charge in [0.2, 0.25) is 0 Å². The van der Waals surface area contributed by atoms with Crippen LogP contribution in [0.4, 0.5) is 11.5 Å². The maximum absolute atomic E-state index is 5.67. The Morgan fingerprint density at radius 1 is 0.929 bits per heavy atom. The number of nitrogens with zero attached hydrogens (tertiary/aromatic N) is 1. The van der Waals surface area contributed by atoms with Gasteiger partial charge in [-0.25, -0.2) is 4.98 Å². The minimum absolute atomic E-state index is 0.518. The zero-order chi connectivity index (χ0) is 9.97. The normalized spacial score (nSPS) is 10.0. The molecule has 0 saturated heterocycles. The molecule has 70 valence electrons. The maximum Gasteiger partial charge on any atom is 0.124 e. The van der Waals surface area contributed by atoms with Gasteiger partial charge in [-0.05, 0) is 24.3 Å². The molecule has 0 amide bonds. The summed E-state index contributed by atoms with van der Waals surface area (Å²) in [4.78, 5) is 4.21. The molecule has 1 aromatic heterocycles. The molecule has 0 aliphatic carbocycles. The average molecular weight is 185 g/mol. The van der Waals surface area contributed by atoms with Crippen LogP contribution in [0, 0.1) is 0 Å². The first-order valence-corrected chi connectivity index (χ1v) is 4.34. The Balaban J connectivity index is 2.49. The van der Waals surface area contributed by atoms with Crippen molar-refractivity contribution in [2.24, 2.45) is 0 Å². The predicted molar refractivity (Wildman–Crippen MR) is 58.5 cm³/mol. The van der Waals surface area contributed by atoms with Crippen molar-refractivity contribution >= 4 is 11.5 Å². The molecule has 0 radical (unpaired) electrons. The molecular weight excluding hydrogens is 174 g/mol. The summed E-state index contributed by atoms with van der Waals surface area (Å²) in [5, 5.41) is 0. The fraction of sp³-hybridized carbons (Fsp3) is 0. The molecule has 0 unspecified atom stereocenters. The van der Waals surface area contributed by atoms with E-state index in [-0.39, 0.29) is 0 Å². The van der Waals surface area contributed by atoms with Crippen LogP contribution in [-0.4, -0.2) is 4.98 Å². The lowest BCUT2D eigenvalue weighted by Gasteiger charge is -2.02. The van der Waals surface area contributed by atoms with Crippen molar-refractivity contribution in [3.63, 3.8) is 0 Å². The molecule has 0 bridgehead atoms. The van der Waals surface area contributed by atoms with Crippen LogP contribution in [0.3, 0.4) is 0 Å². The summed E-state index contributed by atoms with van der Waals surface area (Å²) in [5.74, 6) is 0.518. The number of pyridine rings is 1. The molecule has 1 heterocycles. The molecule has 0 aliphatic rings. The minimum atomic E-state index is 0.518. The largest absolute Gasteiger partial charge is 0.399 e. The number of aromatic nitrogens is 1. The number of anilines is 2. The van der Waals surface area contributed by atoms with Gasteiger partial charge in [0.05, 0.1) is 5.69 Å². The van der Waals surface area contributed by atoms with E-state index in [0.717, 1.165) is 16.9 Å². The third kappa shape index (κ3) is 1.66. The molecule has 0 fully saturated rings. The molecule has 0 atom stereocenters. The highest BCUT2D eigenvalue weighted by Crippen LogP contribution is 2.19. The lowest BCUT2D eigenvalue weighted by atomic mass is 10.1. The van der Waals surface area contributed by atoms with Gasteiger partial charge in [0.1, 0.15) is 5.82 Å². The summed E-state index contributed by atoms with van der Waals surface area (Å²) in [6.07, 6.45) is 0. The molecule has 3 nitrogen and oxygen atoms in total. The molecule has 0 aliphatic heterocycles. The van der Waals surface area contributed by atoms with Crippen LogP contribution in [0.2, 0.25) is 0 Å². The number of rotatable bonds is 1. The van der Waals surface area contributed by atoms with Crippen LogP contribution >= 0.6 is 0 Å². The molecule has 0 saturated carbocycles. The molecular formula is C11H11N3. The lowest BCUT2D eigenvalue weighted by Crippen LogP contribution is -1.92. The van der Waals surface area contributed by atoms with Gasteiger partial charge in [0.25, 0.3) is 0 Å². The summed E-state index contributed by atoms with van der Waals surface area (Å²) in [7, 11) is 0. The fourth-order valence-electron chi connectivity index (χ4n) is 1.31. The van der Waals surface area contributed by atoms with E-state index in [0.29, 0.717) is 5.82 Å². The summed E-state index contributed by atoms with van der Waals surface area (Å²) in [6, 6.07) is 13.1. The first kappa shape index (κ1) is 8.56. The molecule has 4 N–H and O–H groups in total. The van der Waals surface area contributed by atoms with E-state index in [9.17, 15) is 0 Å². The predicted octanol–water partition coefficient (Wildman–Crippen LogP) is 1.91. The molecule has 2 aromatic rings. The second-order valence-corrected chi connectivity index (χ2v) is 3.07. The second kappa shape index (κ2) is 3.38. The zero-order valence-corrected chi connectivity index (χ0v) is 7.64. The monoisotopic (exact) mass is 185 g/mol. The summed E-state index contributed by atoms with van der Waals surface area (Å²) < 4.78 is 0. The van der Waals surface area contributed by atoms with Crippen molar-refractivity contribution in [2.75, 3.05) is 11.5 Å². The summed E-state index contributed by atoms with van der Waals surface area (Å²) in [6.45, 7) is 0. The van der Waals surface area contributed by atoms with Gasteiger partial charge in [-0.2, -0.15) is 0 Å². The number of hydrogen-bond acceptors (Lipinski definition) is 3. The maximum atomic E-state index is 5.67. The molecule has 1 aromatic carbocycles. The van der Waals surface area contributed by atoms with Gasteiger partial charge in [-0.3, -0.25) is 0 Å². The number of nitrogen functional groups attached to an aromatic ring is 2. The van der Waals surface area contributed by atoms with E-state index in [1.165, 1.54) is 0 Å². The number of hydrogen-bond donors (Lipinski definition) is 2. The Hall–Kier alpha value is -2.03. The Labute approximate surface area is 82.4 Å². The van der Waals surface area contributed by atoms with Crippen molar-refractivity contribution in [3.8, 4) is 11.3 Å². The fourth-order valence-corrected chi connectivity index (χ4v) is 1.31. The van der Waals surface area contributed by atoms with E-state index in [1.54, 1.807) is 6.07 Å². The van der Waals surface area contributed by atoms with Crippen molar-refractivity contribution in [3.05, 3.63) is 42.5 Å². The zero-order valence-electron chi connectivity index (χ0n) is 7.64. The number of benzene rings is 1. The van der Waals surface area contributed by atoms with Crippen molar-refractivity contribution in [2.45, 2.75) is 0 Å². The molecule has 3 heteroatoms. The third-order valence-electron chi connectivity index (χ3n) is 1.95. The standard InChI is InChI=1S/C11H11N3/c12-9-4-1-3-8(7-9)10-5-2-6-11(13)14-10/h1-7H,12H2,(H2,13,14). The SMILES string of the molecule is Nc1cccc(-c2cccc(N)n2)c1. The van der Waals surface area contributed by atoms with Crippen molar-refractivity contribution in [1.82, 2.24) is 4.98 Å².